The lowest BCUT2D eigenvalue weighted by Gasteiger charge is -2.41. The first-order valence-corrected chi connectivity index (χ1v) is 9.14. The summed E-state index contributed by atoms with van der Waals surface area (Å²) in [5.41, 5.74) is 0.137. The van der Waals surface area contributed by atoms with Crippen molar-refractivity contribution in [2.24, 2.45) is 16.3 Å². The van der Waals surface area contributed by atoms with Gasteiger partial charge < -0.3 is 4.74 Å². The van der Waals surface area contributed by atoms with Crippen LogP contribution < -0.4 is 0 Å². The van der Waals surface area contributed by atoms with E-state index in [9.17, 15) is 9.59 Å². The highest BCUT2D eigenvalue weighted by molar-refractivity contribution is 8.00. The molecule has 0 saturated heterocycles. The SMILES string of the molecule is COC1=CC(=O)CC2C(Sc3ccccc3)C(=O)C3=NCCCC132. The molecule has 1 aliphatic heterocycles. The van der Waals surface area contributed by atoms with E-state index >= 15 is 0 Å². The zero-order valence-corrected chi connectivity index (χ0v) is 14.3. The van der Waals surface area contributed by atoms with Crippen LogP contribution in [0.3, 0.4) is 0 Å². The molecule has 4 rings (SSSR count). The molecule has 3 unspecified atom stereocenters. The van der Waals surface area contributed by atoms with Crippen LogP contribution in [-0.4, -0.2) is 36.2 Å². The van der Waals surface area contributed by atoms with Gasteiger partial charge in [-0.25, -0.2) is 0 Å². The number of allylic oxidation sites excluding steroid dienone is 2. The van der Waals surface area contributed by atoms with Crippen molar-refractivity contribution in [3.8, 4) is 0 Å². The zero-order chi connectivity index (χ0) is 16.7. The number of hydrogen-bond acceptors (Lipinski definition) is 5. The number of methoxy groups -OCH3 is 1. The summed E-state index contributed by atoms with van der Waals surface area (Å²) in [5, 5.41) is -0.271. The standard InChI is InChI=1S/C19H19NO3S/c1-23-15-11-12(21)10-14-17(24-13-6-3-2-4-7-13)16(22)18-19(14,15)8-5-9-20-18/h2-4,6-7,11,14,17H,5,8-10H2,1H3. The van der Waals surface area contributed by atoms with Gasteiger partial charge in [0, 0.05) is 29.9 Å². The average Bonchev–Trinajstić information content (AvgIpc) is 2.85. The van der Waals surface area contributed by atoms with Crippen LogP contribution in [0, 0.1) is 11.3 Å². The van der Waals surface area contributed by atoms with Gasteiger partial charge >= 0.3 is 0 Å². The quantitative estimate of drug-likeness (QED) is 0.848. The minimum atomic E-state index is -0.496. The fourth-order valence-electron chi connectivity index (χ4n) is 4.32. The molecule has 1 fully saturated rings. The summed E-state index contributed by atoms with van der Waals surface area (Å²) in [6, 6.07) is 9.91. The normalized spacial score (nSPS) is 31.9. The van der Waals surface area contributed by atoms with E-state index in [1.165, 1.54) is 0 Å². The minimum absolute atomic E-state index is 0.0424. The van der Waals surface area contributed by atoms with Crippen molar-refractivity contribution in [2.45, 2.75) is 29.4 Å². The van der Waals surface area contributed by atoms with E-state index in [-0.39, 0.29) is 22.7 Å². The highest BCUT2D eigenvalue weighted by atomic mass is 32.2. The van der Waals surface area contributed by atoms with E-state index in [4.69, 9.17) is 4.74 Å². The molecule has 5 heteroatoms. The summed E-state index contributed by atoms with van der Waals surface area (Å²) >= 11 is 1.56. The first kappa shape index (κ1) is 15.6. The third-order valence-corrected chi connectivity index (χ3v) is 6.63. The van der Waals surface area contributed by atoms with Gasteiger partial charge in [-0.2, -0.15) is 0 Å². The van der Waals surface area contributed by atoms with Gasteiger partial charge in [0.15, 0.2) is 11.6 Å². The minimum Gasteiger partial charge on any atom is -0.500 e. The third-order valence-electron chi connectivity index (χ3n) is 5.29. The van der Waals surface area contributed by atoms with Gasteiger partial charge in [0.1, 0.15) is 5.76 Å². The first-order chi connectivity index (χ1) is 11.7. The Kier molecular flexibility index (Phi) is 3.83. The molecular formula is C19H19NO3S. The highest BCUT2D eigenvalue weighted by Gasteiger charge is 2.63. The molecule has 1 heterocycles. The number of ketones is 2. The molecule has 0 radical (unpaired) electrons. The Bertz CT molecular complexity index is 755. The predicted octanol–water partition coefficient (Wildman–Crippen LogP) is 3.07. The van der Waals surface area contributed by atoms with Gasteiger partial charge in [-0.05, 0) is 25.0 Å². The molecule has 0 amide bonds. The third kappa shape index (κ3) is 2.18. The molecular weight excluding hydrogens is 322 g/mol. The number of benzene rings is 1. The lowest BCUT2D eigenvalue weighted by Crippen LogP contribution is -2.43. The molecule has 24 heavy (non-hydrogen) atoms. The number of aliphatic imine (C=N–C) groups is 1. The van der Waals surface area contributed by atoms with Gasteiger partial charge in [0.2, 0.25) is 0 Å². The number of hydrogen-bond donors (Lipinski definition) is 0. The number of carbonyl (C=O) groups is 2. The van der Waals surface area contributed by atoms with Crippen molar-refractivity contribution in [1.29, 1.82) is 0 Å². The fraction of sp³-hybridized carbons (Fsp3) is 0.421. The molecule has 4 nitrogen and oxygen atoms in total. The largest absolute Gasteiger partial charge is 0.500 e. The second-order valence-electron chi connectivity index (χ2n) is 6.51. The van der Waals surface area contributed by atoms with Gasteiger partial charge in [-0.1, -0.05) is 18.2 Å². The second-order valence-corrected chi connectivity index (χ2v) is 7.73. The summed E-state index contributed by atoms with van der Waals surface area (Å²) in [4.78, 5) is 31.0. The summed E-state index contributed by atoms with van der Waals surface area (Å²) in [5.74, 6) is 0.681. The molecule has 1 aromatic carbocycles. The maximum absolute atomic E-state index is 13.1. The van der Waals surface area contributed by atoms with Gasteiger partial charge in [0.05, 0.1) is 23.5 Å². The monoisotopic (exact) mass is 341 g/mol. The highest BCUT2D eigenvalue weighted by Crippen LogP contribution is 2.57. The summed E-state index contributed by atoms with van der Waals surface area (Å²) < 4.78 is 5.58. The molecule has 0 bridgehead atoms. The zero-order valence-electron chi connectivity index (χ0n) is 13.5. The second kappa shape index (κ2) is 5.88. The van der Waals surface area contributed by atoms with Crippen LogP contribution >= 0.6 is 11.8 Å². The van der Waals surface area contributed by atoms with Crippen molar-refractivity contribution in [3.63, 3.8) is 0 Å². The Morgan fingerprint density at radius 2 is 2.04 bits per heavy atom. The van der Waals surface area contributed by atoms with E-state index in [1.807, 2.05) is 30.3 Å². The van der Waals surface area contributed by atoms with Gasteiger partial charge in [-0.3, -0.25) is 14.6 Å². The summed E-state index contributed by atoms with van der Waals surface area (Å²) in [6.07, 6.45) is 3.73. The number of ether oxygens (including phenoxy) is 1. The van der Waals surface area contributed by atoms with Crippen LogP contribution in [0.4, 0.5) is 0 Å². The van der Waals surface area contributed by atoms with Crippen LogP contribution in [0.5, 0.6) is 0 Å². The molecule has 0 N–H and O–H groups in total. The van der Waals surface area contributed by atoms with Crippen molar-refractivity contribution in [2.75, 3.05) is 13.7 Å². The van der Waals surface area contributed by atoms with Crippen molar-refractivity contribution in [3.05, 3.63) is 42.2 Å². The molecule has 3 aliphatic rings. The Morgan fingerprint density at radius 3 is 2.79 bits per heavy atom. The number of carbonyl (C=O) groups excluding carboxylic acids is 2. The van der Waals surface area contributed by atoms with Gasteiger partial charge in [-0.15, -0.1) is 11.8 Å². The van der Waals surface area contributed by atoms with Crippen molar-refractivity contribution >= 4 is 29.0 Å². The van der Waals surface area contributed by atoms with E-state index < -0.39 is 5.41 Å². The Balaban J connectivity index is 1.80. The van der Waals surface area contributed by atoms with Crippen LogP contribution in [0.2, 0.25) is 0 Å². The van der Waals surface area contributed by atoms with Gasteiger partial charge in [0.25, 0.3) is 0 Å². The Labute approximate surface area is 145 Å². The first-order valence-electron chi connectivity index (χ1n) is 8.26. The fourth-order valence-corrected chi connectivity index (χ4v) is 5.64. The maximum Gasteiger partial charge on any atom is 0.191 e. The van der Waals surface area contributed by atoms with Crippen LogP contribution in [0.25, 0.3) is 0 Å². The lowest BCUT2D eigenvalue weighted by molar-refractivity contribution is -0.117. The number of Topliss-reactive ketones (excluding diaryl/α,β-unsaturated/α-hetero) is 1. The molecule has 3 atom stereocenters. The topological polar surface area (TPSA) is 55.7 Å². The summed E-state index contributed by atoms with van der Waals surface area (Å²) in [6.45, 7) is 0.684. The average molecular weight is 341 g/mol. The van der Waals surface area contributed by atoms with E-state index in [1.54, 1.807) is 24.9 Å². The van der Waals surface area contributed by atoms with Crippen LogP contribution in [0.1, 0.15) is 19.3 Å². The molecule has 0 aromatic heterocycles. The number of nitrogens with zero attached hydrogens (tertiary/aromatic N) is 1. The maximum atomic E-state index is 13.1. The lowest BCUT2D eigenvalue weighted by atomic mass is 9.66. The van der Waals surface area contributed by atoms with Crippen LogP contribution in [0.15, 0.2) is 52.1 Å². The molecule has 1 saturated carbocycles. The molecule has 1 aromatic rings. The van der Waals surface area contributed by atoms with Crippen molar-refractivity contribution < 1.29 is 14.3 Å². The predicted molar refractivity (Wildman–Crippen MR) is 93.3 cm³/mol. The van der Waals surface area contributed by atoms with E-state index in [2.05, 4.69) is 4.99 Å². The molecule has 2 aliphatic carbocycles. The number of rotatable bonds is 3. The molecule has 1 spiro atoms. The number of thioether (sulfide) groups is 1. The van der Waals surface area contributed by atoms with E-state index in [0.29, 0.717) is 24.4 Å². The van der Waals surface area contributed by atoms with Crippen molar-refractivity contribution in [1.82, 2.24) is 0 Å². The Hall–Kier alpha value is -1.88. The Morgan fingerprint density at radius 1 is 1.25 bits per heavy atom. The smallest absolute Gasteiger partial charge is 0.191 e. The van der Waals surface area contributed by atoms with Crippen LogP contribution in [-0.2, 0) is 14.3 Å². The van der Waals surface area contributed by atoms with E-state index in [0.717, 1.165) is 17.7 Å². The molecule has 124 valence electrons. The summed E-state index contributed by atoms with van der Waals surface area (Å²) in [7, 11) is 1.59.